The van der Waals surface area contributed by atoms with Crippen LogP contribution in [-0.4, -0.2) is 47.3 Å². The Morgan fingerprint density at radius 3 is 2.15 bits per heavy atom. The monoisotopic (exact) mass is 563 g/mol. The number of carbonyl (C=O) groups is 2. The summed E-state index contributed by atoms with van der Waals surface area (Å²) < 4.78 is 15.3. The lowest BCUT2D eigenvalue weighted by molar-refractivity contribution is 0.0732. The summed E-state index contributed by atoms with van der Waals surface area (Å²) in [4.78, 5) is 31.7. The van der Waals surface area contributed by atoms with E-state index in [0.29, 0.717) is 59.6 Å². The molecule has 0 aliphatic carbocycles. The Kier molecular flexibility index (Phi) is 7.78. The van der Waals surface area contributed by atoms with Crippen LogP contribution in [0.25, 0.3) is 0 Å². The van der Waals surface area contributed by atoms with Gasteiger partial charge in [0.05, 0.1) is 15.6 Å². The molecule has 0 bridgehead atoms. The smallest absolute Gasteiger partial charge is 0.271 e. The van der Waals surface area contributed by atoms with Crippen molar-refractivity contribution in [3.63, 3.8) is 0 Å². The Bertz CT molecular complexity index is 1520. The summed E-state index contributed by atoms with van der Waals surface area (Å²) in [5.74, 6) is -0.716. The van der Waals surface area contributed by atoms with Gasteiger partial charge in [0, 0.05) is 50.2 Å². The second kappa shape index (κ2) is 11.2. The number of carbonyl (C=O) groups excluding carboxylic acids is 2. The van der Waals surface area contributed by atoms with Crippen molar-refractivity contribution in [1.82, 2.24) is 9.47 Å². The maximum atomic E-state index is 14.1. The number of hydrogen-bond donors (Lipinski definition) is 0. The van der Waals surface area contributed by atoms with Gasteiger partial charge < -0.3 is 14.4 Å². The number of aryl methyl sites for hydroxylation is 2. The standard InChI is InChI=1S/C31H28Cl2FN3O2/c1-20-3-7-23(8-4-20)30(38)28-21(2)18-37(19-22-5-9-24(34)10-6-22)29(28)31(39)36-15-13-35(14-16-36)25-11-12-26(32)27(33)17-25/h3-12,17-18H,13-16,19H2,1-2H3. The van der Waals surface area contributed by atoms with E-state index in [1.54, 1.807) is 35.2 Å². The lowest BCUT2D eigenvalue weighted by atomic mass is 9.99. The average molecular weight is 564 g/mol. The molecular formula is C31H28Cl2FN3O2. The number of amides is 1. The zero-order valence-electron chi connectivity index (χ0n) is 21.8. The van der Waals surface area contributed by atoms with Crippen LogP contribution in [-0.2, 0) is 6.54 Å². The Morgan fingerprint density at radius 1 is 0.846 bits per heavy atom. The van der Waals surface area contributed by atoms with Gasteiger partial charge in [-0.2, -0.15) is 0 Å². The van der Waals surface area contributed by atoms with Crippen LogP contribution < -0.4 is 4.90 Å². The molecular weight excluding hydrogens is 536 g/mol. The van der Waals surface area contributed by atoms with Crippen LogP contribution in [0.5, 0.6) is 0 Å². The molecule has 0 atom stereocenters. The third-order valence-corrected chi connectivity index (χ3v) is 7.85. The summed E-state index contributed by atoms with van der Waals surface area (Å²) in [5.41, 5.74) is 4.83. The average Bonchev–Trinajstić information content (AvgIpc) is 3.26. The first-order chi connectivity index (χ1) is 18.7. The van der Waals surface area contributed by atoms with E-state index in [4.69, 9.17) is 23.2 Å². The number of ketones is 1. The molecule has 1 aliphatic heterocycles. The summed E-state index contributed by atoms with van der Waals surface area (Å²) >= 11 is 12.3. The molecule has 1 aromatic heterocycles. The van der Waals surface area contributed by atoms with Crippen molar-refractivity contribution in [3.8, 4) is 0 Å². The van der Waals surface area contributed by atoms with Gasteiger partial charge in [0.2, 0.25) is 0 Å². The lowest BCUT2D eigenvalue weighted by Crippen LogP contribution is -2.49. The van der Waals surface area contributed by atoms with Crippen molar-refractivity contribution in [2.45, 2.75) is 20.4 Å². The van der Waals surface area contributed by atoms with Crippen LogP contribution in [0.4, 0.5) is 10.1 Å². The zero-order chi connectivity index (χ0) is 27.7. The summed E-state index contributed by atoms with van der Waals surface area (Å²) in [6.45, 7) is 6.35. The maximum Gasteiger partial charge on any atom is 0.271 e. The van der Waals surface area contributed by atoms with Crippen molar-refractivity contribution in [3.05, 3.63) is 122 Å². The minimum atomic E-state index is -0.325. The molecule has 4 aromatic rings. The molecule has 1 saturated heterocycles. The Labute approximate surface area is 237 Å². The molecule has 5 nitrogen and oxygen atoms in total. The zero-order valence-corrected chi connectivity index (χ0v) is 23.3. The van der Waals surface area contributed by atoms with Crippen LogP contribution in [0.15, 0.2) is 72.9 Å². The molecule has 200 valence electrons. The van der Waals surface area contributed by atoms with E-state index in [0.717, 1.165) is 22.4 Å². The van der Waals surface area contributed by atoms with Gasteiger partial charge in [0.25, 0.3) is 5.91 Å². The van der Waals surface area contributed by atoms with Crippen molar-refractivity contribution < 1.29 is 14.0 Å². The minimum Gasteiger partial charge on any atom is -0.368 e. The molecule has 0 N–H and O–H groups in total. The fourth-order valence-corrected chi connectivity index (χ4v) is 5.26. The molecule has 0 radical (unpaired) electrons. The van der Waals surface area contributed by atoms with Gasteiger partial charge in [-0.3, -0.25) is 9.59 Å². The number of halogens is 3. The molecule has 1 fully saturated rings. The molecule has 0 saturated carbocycles. The predicted molar refractivity (Wildman–Crippen MR) is 154 cm³/mol. The first-order valence-corrected chi connectivity index (χ1v) is 13.5. The van der Waals surface area contributed by atoms with Crippen LogP contribution in [0.2, 0.25) is 10.0 Å². The normalized spacial score (nSPS) is 13.6. The van der Waals surface area contributed by atoms with Gasteiger partial charge in [-0.25, -0.2) is 4.39 Å². The second-order valence-corrected chi connectivity index (χ2v) is 10.7. The third kappa shape index (κ3) is 5.72. The fraction of sp³-hybridized carbons (Fsp3) is 0.226. The topological polar surface area (TPSA) is 45.6 Å². The van der Waals surface area contributed by atoms with Crippen molar-refractivity contribution >= 4 is 40.6 Å². The van der Waals surface area contributed by atoms with Crippen molar-refractivity contribution in [2.75, 3.05) is 31.1 Å². The number of nitrogens with zero attached hydrogens (tertiary/aromatic N) is 3. The number of hydrogen-bond acceptors (Lipinski definition) is 3. The highest BCUT2D eigenvalue weighted by atomic mass is 35.5. The van der Waals surface area contributed by atoms with Crippen LogP contribution >= 0.6 is 23.2 Å². The van der Waals surface area contributed by atoms with Gasteiger partial charge in [-0.1, -0.05) is 65.2 Å². The van der Waals surface area contributed by atoms with E-state index in [-0.39, 0.29) is 17.5 Å². The van der Waals surface area contributed by atoms with Gasteiger partial charge in [0.15, 0.2) is 5.78 Å². The predicted octanol–water partition coefficient (Wildman–Crippen LogP) is 6.79. The van der Waals surface area contributed by atoms with Gasteiger partial charge in [0.1, 0.15) is 11.5 Å². The summed E-state index contributed by atoms with van der Waals surface area (Å²) in [6, 6.07) is 19.1. The lowest BCUT2D eigenvalue weighted by Gasteiger charge is -2.36. The highest BCUT2D eigenvalue weighted by molar-refractivity contribution is 6.42. The Hall–Kier alpha value is -3.61. The highest BCUT2D eigenvalue weighted by Crippen LogP contribution is 2.29. The van der Waals surface area contributed by atoms with E-state index >= 15 is 0 Å². The number of rotatable bonds is 6. The molecule has 2 heterocycles. The Balaban J connectivity index is 1.46. The number of benzene rings is 3. The minimum absolute atomic E-state index is 0.192. The SMILES string of the molecule is Cc1ccc(C(=O)c2c(C)cn(Cc3ccc(F)cc3)c2C(=O)N2CCN(c3ccc(Cl)c(Cl)c3)CC2)cc1. The van der Waals surface area contributed by atoms with Crippen molar-refractivity contribution in [2.24, 2.45) is 0 Å². The Morgan fingerprint density at radius 2 is 1.51 bits per heavy atom. The maximum absolute atomic E-state index is 14.1. The van der Waals surface area contributed by atoms with Gasteiger partial charge in [-0.15, -0.1) is 0 Å². The van der Waals surface area contributed by atoms with E-state index < -0.39 is 0 Å². The number of piperazine rings is 1. The molecule has 0 unspecified atom stereocenters. The third-order valence-electron chi connectivity index (χ3n) is 7.11. The fourth-order valence-electron chi connectivity index (χ4n) is 4.97. The van der Waals surface area contributed by atoms with E-state index in [1.165, 1.54) is 12.1 Å². The van der Waals surface area contributed by atoms with Crippen LogP contribution in [0, 0.1) is 19.7 Å². The molecule has 5 rings (SSSR count). The highest BCUT2D eigenvalue weighted by Gasteiger charge is 2.31. The number of aromatic nitrogens is 1. The van der Waals surface area contributed by atoms with Crippen molar-refractivity contribution in [1.29, 1.82) is 0 Å². The van der Waals surface area contributed by atoms with Gasteiger partial charge >= 0.3 is 0 Å². The van der Waals surface area contributed by atoms with E-state index in [1.807, 2.05) is 48.9 Å². The summed E-state index contributed by atoms with van der Waals surface area (Å²) in [5, 5.41) is 0.985. The summed E-state index contributed by atoms with van der Waals surface area (Å²) in [6.07, 6.45) is 1.84. The molecule has 1 amide bonds. The van der Waals surface area contributed by atoms with Crippen LogP contribution in [0.1, 0.15) is 43.1 Å². The number of anilines is 1. The first-order valence-electron chi connectivity index (χ1n) is 12.8. The quantitative estimate of drug-likeness (QED) is 0.242. The molecule has 39 heavy (non-hydrogen) atoms. The molecule has 1 aliphatic rings. The van der Waals surface area contributed by atoms with E-state index in [2.05, 4.69) is 4.90 Å². The van der Waals surface area contributed by atoms with E-state index in [9.17, 15) is 14.0 Å². The molecule has 0 spiro atoms. The first kappa shape index (κ1) is 27.0. The summed E-state index contributed by atoms with van der Waals surface area (Å²) in [7, 11) is 0. The van der Waals surface area contributed by atoms with Crippen LogP contribution in [0.3, 0.4) is 0 Å². The largest absolute Gasteiger partial charge is 0.368 e. The molecule has 8 heteroatoms. The molecule has 3 aromatic carbocycles. The second-order valence-electron chi connectivity index (χ2n) is 9.86. The van der Waals surface area contributed by atoms with Gasteiger partial charge in [-0.05, 0) is 55.3 Å².